The quantitative estimate of drug-likeness (QED) is 0.864. The Morgan fingerprint density at radius 2 is 2.06 bits per heavy atom. The standard InChI is InChI=1S/C12H14N4O/c1-9(10-6-4-3-5-7-10)13-12(17)11-8-16(2)15-14-11/h3-9H,1-2H3,(H,13,17)/t9-/m0/s1. The van der Waals surface area contributed by atoms with Crippen molar-refractivity contribution in [3.05, 3.63) is 47.8 Å². The lowest BCUT2D eigenvalue weighted by Gasteiger charge is -2.12. The van der Waals surface area contributed by atoms with Crippen LogP contribution in [0.5, 0.6) is 0 Å². The Labute approximate surface area is 99.5 Å². The molecule has 1 aromatic heterocycles. The molecule has 2 rings (SSSR count). The molecule has 0 saturated heterocycles. The highest BCUT2D eigenvalue weighted by molar-refractivity contribution is 5.92. The van der Waals surface area contributed by atoms with E-state index in [9.17, 15) is 4.79 Å². The number of benzene rings is 1. The predicted octanol–water partition coefficient (Wildman–Crippen LogP) is 1.31. The Morgan fingerprint density at radius 1 is 1.35 bits per heavy atom. The molecule has 17 heavy (non-hydrogen) atoms. The number of hydrogen-bond acceptors (Lipinski definition) is 3. The summed E-state index contributed by atoms with van der Waals surface area (Å²) in [5.74, 6) is -0.213. The van der Waals surface area contributed by atoms with Gasteiger partial charge in [-0.05, 0) is 12.5 Å². The number of carbonyl (C=O) groups is 1. The lowest BCUT2D eigenvalue weighted by Crippen LogP contribution is -2.26. The van der Waals surface area contributed by atoms with Gasteiger partial charge in [0.1, 0.15) is 0 Å². The first kappa shape index (κ1) is 11.3. The molecule has 1 N–H and O–H groups in total. The number of rotatable bonds is 3. The van der Waals surface area contributed by atoms with Gasteiger partial charge < -0.3 is 5.32 Å². The average molecular weight is 230 g/mol. The number of carbonyl (C=O) groups excluding carboxylic acids is 1. The third kappa shape index (κ3) is 2.69. The fourth-order valence-corrected chi connectivity index (χ4v) is 1.55. The fourth-order valence-electron chi connectivity index (χ4n) is 1.55. The fraction of sp³-hybridized carbons (Fsp3) is 0.250. The highest BCUT2D eigenvalue weighted by Gasteiger charge is 2.13. The number of aromatic nitrogens is 3. The number of aryl methyl sites for hydroxylation is 1. The van der Waals surface area contributed by atoms with E-state index in [1.165, 1.54) is 4.68 Å². The van der Waals surface area contributed by atoms with Gasteiger partial charge in [0.15, 0.2) is 5.69 Å². The van der Waals surface area contributed by atoms with E-state index >= 15 is 0 Å². The molecule has 0 unspecified atom stereocenters. The second-order valence-corrected chi connectivity index (χ2v) is 3.88. The number of nitrogens with one attached hydrogen (secondary N) is 1. The largest absolute Gasteiger partial charge is 0.344 e. The Kier molecular flexibility index (Phi) is 3.18. The van der Waals surface area contributed by atoms with Crippen molar-refractivity contribution in [3.63, 3.8) is 0 Å². The van der Waals surface area contributed by atoms with Crippen LogP contribution in [-0.4, -0.2) is 20.9 Å². The van der Waals surface area contributed by atoms with Crippen LogP contribution in [0.15, 0.2) is 36.5 Å². The molecule has 0 aliphatic heterocycles. The maximum absolute atomic E-state index is 11.8. The third-order valence-corrected chi connectivity index (χ3v) is 2.48. The zero-order valence-electron chi connectivity index (χ0n) is 9.79. The third-order valence-electron chi connectivity index (χ3n) is 2.48. The monoisotopic (exact) mass is 230 g/mol. The highest BCUT2D eigenvalue weighted by Crippen LogP contribution is 2.11. The van der Waals surface area contributed by atoms with E-state index in [1.54, 1.807) is 13.2 Å². The Balaban J connectivity index is 2.04. The summed E-state index contributed by atoms with van der Waals surface area (Å²) >= 11 is 0. The molecule has 1 amide bonds. The molecular weight excluding hydrogens is 216 g/mol. The van der Waals surface area contributed by atoms with Gasteiger partial charge in [-0.15, -0.1) is 5.10 Å². The van der Waals surface area contributed by atoms with E-state index in [1.807, 2.05) is 37.3 Å². The SMILES string of the molecule is C[C@H](NC(=O)c1cn(C)nn1)c1ccccc1. The molecule has 5 nitrogen and oxygen atoms in total. The molecule has 0 fully saturated rings. The molecule has 0 radical (unpaired) electrons. The van der Waals surface area contributed by atoms with Crippen LogP contribution in [0.3, 0.4) is 0 Å². The van der Waals surface area contributed by atoms with Gasteiger partial charge in [-0.3, -0.25) is 9.48 Å². The van der Waals surface area contributed by atoms with Gasteiger partial charge >= 0.3 is 0 Å². The van der Waals surface area contributed by atoms with Crippen LogP contribution in [-0.2, 0) is 7.05 Å². The van der Waals surface area contributed by atoms with Crippen molar-refractivity contribution < 1.29 is 4.79 Å². The van der Waals surface area contributed by atoms with Gasteiger partial charge in [0.05, 0.1) is 12.2 Å². The van der Waals surface area contributed by atoms with Crippen LogP contribution < -0.4 is 5.32 Å². The van der Waals surface area contributed by atoms with Crippen LogP contribution in [0, 0.1) is 0 Å². The van der Waals surface area contributed by atoms with Gasteiger partial charge in [-0.25, -0.2) is 0 Å². The predicted molar refractivity (Wildman–Crippen MR) is 63.3 cm³/mol. The lowest BCUT2D eigenvalue weighted by atomic mass is 10.1. The Hall–Kier alpha value is -2.17. The molecule has 1 atom stereocenters. The van der Waals surface area contributed by atoms with Gasteiger partial charge in [0.25, 0.3) is 5.91 Å². The first-order chi connectivity index (χ1) is 8.16. The zero-order chi connectivity index (χ0) is 12.3. The normalized spacial score (nSPS) is 12.1. The number of amides is 1. The maximum Gasteiger partial charge on any atom is 0.273 e. The van der Waals surface area contributed by atoms with Crippen molar-refractivity contribution in [2.45, 2.75) is 13.0 Å². The summed E-state index contributed by atoms with van der Waals surface area (Å²) in [5, 5.41) is 10.4. The second kappa shape index (κ2) is 4.78. The van der Waals surface area contributed by atoms with E-state index < -0.39 is 0 Å². The summed E-state index contributed by atoms with van der Waals surface area (Å²) in [5.41, 5.74) is 1.39. The topological polar surface area (TPSA) is 59.8 Å². The highest BCUT2D eigenvalue weighted by atomic mass is 16.2. The minimum atomic E-state index is -0.213. The van der Waals surface area contributed by atoms with Crippen molar-refractivity contribution in [1.82, 2.24) is 20.3 Å². The Morgan fingerprint density at radius 3 is 2.65 bits per heavy atom. The summed E-state index contributed by atoms with van der Waals surface area (Å²) in [6.07, 6.45) is 1.59. The molecule has 5 heteroatoms. The minimum absolute atomic E-state index is 0.0503. The second-order valence-electron chi connectivity index (χ2n) is 3.88. The van der Waals surface area contributed by atoms with Gasteiger partial charge in [-0.2, -0.15) is 0 Å². The summed E-state index contributed by atoms with van der Waals surface area (Å²) in [7, 11) is 1.73. The van der Waals surface area contributed by atoms with Crippen molar-refractivity contribution >= 4 is 5.91 Å². The molecule has 1 aromatic carbocycles. The smallest absolute Gasteiger partial charge is 0.273 e. The average Bonchev–Trinajstić information content (AvgIpc) is 2.77. The molecule has 0 saturated carbocycles. The van der Waals surface area contributed by atoms with Crippen LogP contribution in [0.4, 0.5) is 0 Å². The zero-order valence-corrected chi connectivity index (χ0v) is 9.79. The number of nitrogens with zero attached hydrogens (tertiary/aromatic N) is 3. The van der Waals surface area contributed by atoms with E-state index in [0.717, 1.165) is 5.56 Å². The van der Waals surface area contributed by atoms with E-state index in [0.29, 0.717) is 5.69 Å². The lowest BCUT2D eigenvalue weighted by molar-refractivity contribution is 0.0934. The number of hydrogen-bond donors (Lipinski definition) is 1. The molecular formula is C12H14N4O. The van der Waals surface area contributed by atoms with Crippen molar-refractivity contribution in [1.29, 1.82) is 0 Å². The summed E-state index contributed by atoms with van der Waals surface area (Å²) < 4.78 is 1.50. The van der Waals surface area contributed by atoms with Gasteiger partial charge in [0.2, 0.25) is 0 Å². The van der Waals surface area contributed by atoms with Crippen molar-refractivity contribution in [2.75, 3.05) is 0 Å². The van der Waals surface area contributed by atoms with E-state index in [2.05, 4.69) is 15.6 Å². The molecule has 88 valence electrons. The summed E-state index contributed by atoms with van der Waals surface area (Å²) in [4.78, 5) is 11.8. The van der Waals surface area contributed by atoms with Gasteiger partial charge in [-0.1, -0.05) is 35.5 Å². The van der Waals surface area contributed by atoms with Crippen LogP contribution in [0.1, 0.15) is 29.0 Å². The van der Waals surface area contributed by atoms with Crippen LogP contribution >= 0.6 is 0 Å². The molecule has 0 spiro atoms. The molecule has 0 aliphatic rings. The Bertz CT molecular complexity index is 506. The van der Waals surface area contributed by atoms with Crippen LogP contribution in [0.25, 0.3) is 0 Å². The molecule has 1 heterocycles. The minimum Gasteiger partial charge on any atom is -0.344 e. The molecule has 2 aromatic rings. The van der Waals surface area contributed by atoms with E-state index in [-0.39, 0.29) is 11.9 Å². The first-order valence-electron chi connectivity index (χ1n) is 5.39. The van der Waals surface area contributed by atoms with Gasteiger partial charge in [0, 0.05) is 7.05 Å². The summed E-state index contributed by atoms with van der Waals surface area (Å²) in [6.45, 7) is 1.93. The maximum atomic E-state index is 11.8. The first-order valence-corrected chi connectivity index (χ1v) is 5.39. The van der Waals surface area contributed by atoms with Crippen LogP contribution in [0.2, 0.25) is 0 Å². The molecule has 0 bridgehead atoms. The summed E-state index contributed by atoms with van der Waals surface area (Å²) in [6, 6.07) is 9.73. The van der Waals surface area contributed by atoms with E-state index in [4.69, 9.17) is 0 Å². The van der Waals surface area contributed by atoms with Crippen molar-refractivity contribution in [2.24, 2.45) is 7.05 Å². The molecule has 0 aliphatic carbocycles. The van der Waals surface area contributed by atoms with Crippen molar-refractivity contribution in [3.8, 4) is 0 Å².